The maximum atomic E-state index is 14.6. The summed E-state index contributed by atoms with van der Waals surface area (Å²) in [6, 6.07) is 15.3. The van der Waals surface area contributed by atoms with Crippen LogP contribution in [0.4, 0.5) is 13.2 Å². The van der Waals surface area contributed by atoms with Crippen molar-refractivity contribution in [2.24, 2.45) is 0 Å². The van der Waals surface area contributed by atoms with Crippen LogP contribution in [0, 0.1) is 17.5 Å². The van der Waals surface area contributed by atoms with E-state index in [1.807, 2.05) is 24.3 Å². The van der Waals surface area contributed by atoms with Gasteiger partial charge < -0.3 is 14.2 Å². The van der Waals surface area contributed by atoms with Crippen LogP contribution in [0.1, 0.15) is 24.5 Å². The van der Waals surface area contributed by atoms with E-state index in [1.54, 1.807) is 12.1 Å². The van der Waals surface area contributed by atoms with E-state index in [4.69, 9.17) is 14.2 Å². The van der Waals surface area contributed by atoms with E-state index in [9.17, 15) is 13.2 Å². The predicted molar refractivity (Wildman–Crippen MR) is 114 cm³/mol. The molecule has 3 aromatic carbocycles. The molecule has 0 atom stereocenters. The Morgan fingerprint density at radius 2 is 1.39 bits per heavy atom. The van der Waals surface area contributed by atoms with Gasteiger partial charge in [0.05, 0.1) is 6.61 Å². The van der Waals surface area contributed by atoms with Crippen molar-refractivity contribution in [2.45, 2.75) is 26.4 Å². The van der Waals surface area contributed by atoms with Crippen molar-refractivity contribution in [1.82, 2.24) is 0 Å². The summed E-state index contributed by atoms with van der Waals surface area (Å²) in [6.07, 6.45) is 2.07. The zero-order chi connectivity index (χ0) is 22.2. The molecule has 0 aromatic heterocycles. The van der Waals surface area contributed by atoms with Gasteiger partial charge in [-0.05, 0) is 41.3 Å². The minimum absolute atomic E-state index is 0.0892. The Hall–Kier alpha value is -2.99. The third kappa shape index (κ3) is 5.79. The van der Waals surface area contributed by atoms with Crippen LogP contribution in [0.15, 0.2) is 54.6 Å². The lowest BCUT2D eigenvalue weighted by molar-refractivity contribution is 0.143. The van der Waals surface area contributed by atoms with Crippen molar-refractivity contribution in [1.29, 1.82) is 0 Å². The van der Waals surface area contributed by atoms with Crippen molar-refractivity contribution in [3.8, 4) is 22.6 Å². The second-order valence-electron chi connectivity index (χ2n) is 7.07. The van der Waals surface area contributed by atoms with Gasteiger partial charge in [0.25, 0.3) is 0 Å². The number of rotatable bonds is 10. The fourth-order valence-corrected chi connectivity index (χ4v) is 3.12. The van der Waals surface area contributed by atoms with E-state index in [-0.39, 0.29) is 36.9 Å². The van der Waals surface area contributed by atoms with Crippen molar-refractivity contribution < 1.29 is 27.4 Å². The van der Waals surface area contributed by atoms with E-state index in [0.29, 0.717) is 0 Å². The normalized spacial score (nSPS) is 10.9. The summed E-state index contributed by atoms with van der Waals surface area (Å²) in [5, 5.41) is 0. The molecule has 0 heterocycles. The standard InChI is InChI=1S/C25H25F3O3/c1-3-4-17-5-7-18(8-6-17)19-9-10-20(21(26)15-19)16-31-23-12-11-22(24(27)25(23)28)30-14-13-29-2/h5-12,15H,3-4,13-14,16H2,1-2H3. The molecule has 0 aliphatic heterocycles. The van der Waals surface area contributed by atoms with E-state index >= 15 is 0 Å². The van der Waals surface area contributed by atoms with E-state index in [2.05, 4.69) is 6.92 Å². The molecule has 3 nitrogen and oxygen atoms in total. The van der Waals surface area contributed by atoms with Crippen LogP contribution < -0.4 is 9.47 Å². The Balaban J connectivity index is 1.67. The van der Waals surface area contributed by atoms with Gasteiger partial charge in [0.2, 0.25) is 11.6 Å². The molecular formula is C25H25F3O3. The molecule has 0 amide bonds. The zero-order valence-corrected chi connectivity index (χ0v) is 17.6. The van der Waals surface area contributed by atoms with Crippen molar-refractivity contribution in [3.63, 3.8) is 0 Å². The molecule has 3 aromatic rings. The van der Waals surface area contributed by atoms with Crippen LogP contribution in [0.25, 0.3) is 11.1 Å². The second-order valence-corrected chi connectivity index (χ2v) is 7.07. The van der Waals surface area contributed by atoms with Gasteiger partial charge in [0.15, 0.2) is 11.5 Å². The predicted octanol–water partition coefficient (Wildman–Crippen LogP) is 6.33. The molecule has 0 saturated heterocycles. The van der Waals surface area contributed by atoms with Crippen LogP contribution in [-0.2, 0) is 17.8 Å². The van der Waals surface area contributed by atoms with Crippen LogP contribution in [0.2, 0.25) is 0 Å². The first-order valence-electron chi connectivity index (χ1n) is 10.1. The highest BCUT2D eigenvalue weighted by atomic mass is 19.2. The summed E-state index contributed by atoms with van der Waals surface area (Å²) in [7, 11) is 1.48. The molecule has 0 bridgehead atoms. The summed E-state index contributed by atoms with van der Waals surface area (Å²) in [5.41, 5.74) is 3.12. The quantitative estimate of drug-likeness (QED) is 0.352. The smallest absolute Gasteiger partial charge is 0.204 e. The van der Waals surface area contributed by atoms with Crippen LogP contribution in [0.3, 0.4) is 0 Å². The topological polar surface area (TPSA) is 27.7 Å². The van der Waals surface area contributed by atoms with Crippen molar-refractivity contribution in [3.05, 3.63) is 83.2 Å². The van der Waals surface area contributed by atoms with Gasteiger partial charge in [-0.2, -0.15) is 8.78 Å². The van der Waals surface area contributed by atoms with Crippen LogP contribution in [-0.4, -0.2) is 20.3 Å². The van der Waals surface area contributed by atoms with Gasteiger partial charge in [-0.15, -0.1) is 0 Å². The van der Waals surface area contributed by atoms with Gasteiger partial charge in [0, 0.05) is 12.7 Å². The van der Waals surface area contributed by atoms with Gasteiger partial charge >= 0.3 is 0 Å². The Labute approximate surface area is 180 Å². The van der Waals surface area contributed by atoms with Crippen LogP contribution in [0.5, 0.6) is 11.5 Å². The lowest BCUT2D eigenvalue weighted by Crippen LogP contribution is -2.07. The molecule has 0 aliphatic rings. The van der Waals surface area contributed by atoms with Crippen molar-refractivity contribution >= 4 is 0 Å². The number of hydrogen-bond donors (Lipinski definition) is 0. The molecule has 0 saturated carbocycles. The van der Waals surface area contributed by atoms with Gasteiger partial charge in [-0.25, -0.2) is 4.39 Å². The Morgan fingerprint density at radius 1 is 0.742 bits per heavy atom. The lowest BCUT2D eigenvalue weighted by atomic mass is 10.0. The van der Waals surface area contributed by atoms with Gasteiger partial charge in [-0.3, -0.25) is 0 Å². The summed E-state index contributed by atoms with van der Waals surface area (Å²) >= 11 is 0. The molecule has 3 rings (SSSR count). The van der Waals surface area contributed by atoms with Crippen molar-refractivity contribution in [2.75, 3.05) is 20.3 Å². The molecule has 0 aliphatic carbocycles. The molecule has 0 spiro atoms. The number of benzene rings is 3. The molecule has 0 N–H and O–H groups in total. The van der Waals surface area contributed by atoms with Crippen LogP contribution >= 0.6 is 0 Å². The lowest BCUT2D eigenvalue weighted by Gasteiger charge is -2.12. The molecule has 31 heavy (non-hydrogen) atoms. The molecule has 0 radical (unpaired) electrons. The monoisotopic (exact) mass is 430 g/mol. The number of aryl methyl sites for hydroxylation is 1. The fourth-order valence-electron chi connectivity index (χ4n) is 3.12. The fraction of sp³-hybridized carbons (Fsp3) is 0.280. The Bertz CT molecular complexity index is 1000. The summed E-state index contributed by atoms with van der Waals surface area (Å²) < 4.78 is 58.2. The average Bonchev–Trinajstić information content (AvgIpc) is 2.78. The summed E-state index contributed by atoms with van der Waals surface area (Å²) in [6.45, 7) is 2.22. The first kappa shape index (κ1) is 22.7. The highest BCUT2D eigenvalue weighted by molar-refractivity contribution is 5.64. The molecule has 0 unspecified atom stereocenters. The zero-order valence-electron chi connectivity index (χ0n) is 17.6. The second kappa shape index (κ2) is 10.9. The molecule has 6 heteroatoms. The average molecular weight is 430 g/mol. The molecule has 0 fully saturated rings. The SMILES string of the molecule is CCCc1ccc(-c2ccc(COc3ccc(OCCOC)c(F)c3F)c(F)c2)cc1. The number of hydrogen-bond acceptors (Lipinski definition) is 3. The Morgan fingerprint density at radius 3 is 2.00 bits per heavy atom. The first-order chi connectivity index (χ1) is 15.0. The number of ether oxygens (including phenoxy) is 3. The summed E-state index contributed by atoms with van der Waals surface area (Å²) in [4.78, 5) is 0. The summed E-state index contributed by atoms with van der Waals surface area (Å²) in [5.74, 6) is -3.36. The Kier molecular flexibility index (Phi) is 7.95. The maximum Gasteiger partial charge on any atom is 0.204 e. The minimum atomic E-state index is -1.18. The van der Waals surface area contributed by atoms with E-state index < -0.39 is 17.5 Å². The minimum Gasteiger partial charge on any atom is -0.488 e. The highest BCUT2D eigenvalue weighted by Crippen LogP contribution is 2.29. The van der Waals surface area contributed by atoms with E-state index in [1.165, 1.54) is 30.9 Å². The third-order valence-electron chi connectivity index (χ3n) is 4.82. The maximum absolute atomic E-state index is 14.6. The van der Waals surface area contributed by atoms with E-state index in [0.717, 1.165) is 24.0 Å². The van der Waals surface area contributed by atoms with Gasteiger partial charge in [0.1, 0.15) is 19.0 Å². The largest absolute Gasteiger partial charge is 0.488 e. The first-order valence-corrected chi connectivity index (χ1v) is 10.1. The highest BCUT2D eigenvalue weighted by Gasteiger charge is 2.16. The molecule has 164 valence electrons. The third-order valence-corrected chi connectivity index (χ3v) is 4.82. The van der Waals surface area contributed by atoms with Gasteiger partial charge in [-0.1, -0.05) is 49.7 Å². The number of halogens is 3. The molecular weight excluding hydrogens is 405 g/mol. The number of methoxy groups -OCH3 is 1.